The van der Waals surface area contributed by atoms with E-state index in [1.165, 1.54) is 7.11 Å². The zero-order valence-electron chi connectivity index (χ0n) is 18.2. The van der Waals surface area contributed by atoms with Crippen molar-refractivity contribution in [3.05, 3.63) is 60.1 Å². The first-order valence-electron chi connectivity index (χ1n) is 10.0. The van der Waals surface area contributed by atoms with E-state index in [4.69, 9.17) is 14.6 Å². The summed E-state index contributed by atoms with van der Waals surface area (Å²) in [4.78, 5) is 12.0. The topological polar surface area (TPSA) is 161 Å². The van der Waals surface area contributed by atoms with Crippen LogP contribution in [0, 0.1) is 5.92 Å². The standard InChI is InChI=1S/C15H22NO7.C7H8O2.Fe/c1-8(14(21)16-9-4-2-3-5-9)7-22-15-13(20)12(19)11(18)10(6-17)23-15;1-9-7(8)6-4-2-3-5-6;/h2-5,8,10-13,15,17-20H,6-7H2,1H3,(H,16,21);2-5,8H,1H3;/q-1;;+2/p-1/t8-,10-,11-,12+,13+,15+;;/m1../s1. The largest absolute Gasteiger partial charge is 2.00 e. The maximum atomic E-state index is 12.0. The van der Waals surface area contributed by atoms with Crippen molar-refractivity contribution in [1.82, 2.24) is 0 Å². The second kappa shape index (κ2) is 14.2. The van der Waals surface area contributed by atoms with Crippen LogP contribution in [0.3, 0.4) is 0 Å². The summed E-state index contributed by atoms with van der Waals surface area (Å²) in [5, 5.41) is 51.6. The van der Waals surface area contributed by atoms with Gasteiger partial charge in [-0.2, -0.15) is 12.1 Å². The van der Waals surface area contributed by atoms with E-state index in [1.54, 1.807) is 55.5 Å². The second-order valence-electron chi connectivity index (χ2n) is 7.26. The number of carbonyl (C=O) groups is 1. The number of ether oxygens (including phenoxy) is 3. The normalized spacial score (nSPS) is 26.6. The van der Waals surface area contributed by atoms with Gasteiger partial charge in [-0.15, -0.1) is 6.07 Å². The Hall–Kier alpha value is -2.08. The molecule has 1 aliphatic heterocycles. The first-order valence-corrected chi connectivity index (χ1v) is 10.0. The van der Waals surface area contributed by atoms with Crippen molar-refractivity contribution in [3.8, 4) is 0 Å². The van der Waals surface area contributed by atoms with Crippen LogP contribution in [0.25, 0.3) is 0 Å². The third-order valence-corrected chi connectivity index (χ3v) is 4.82. The van der Waals surface area contributed by atoms with Crippen LogP contribution in [0.5, 0.6) is 0 Å². The molecule has 0 unspecified atom stereocenters. The van der Waals surface area contributed by atoms with Gasteiger partial charge in [0.05, 0.1) is 25.1 Å². The van der Waals surface area contributed by atoms with Crippen molar-refractivity contribution >= 4 is 11.6 Å². The molecule has 0 spiro atoms. The van der Waals surface area contributed by atoms with Crippen LogP contribution in [-0.4, -0.2) is 77.4 Å². The Kier molecular flexibility index (Phi) is 12.5. The van der Waals surface area contributed by atoms with Crippen molar-refractivity contribution in [3.63, 3.8) is 0 Å². The molecule has 1 fully saturated rings. The van der Waals surface area contributed by atoms with Crippen LogP contribution in [0.1, 0.15) is 6.92 Å². The fraction of sp³-hybridized carbons (Fsp3) is 0.455. The van der Waals surface area contributed by atoms with E-state index in [0.29, 0.717) is 11.3 Å². The minimum absolute atomic E-state index is 0. The molecule has 10 nitrogen and oxygen atoms in total. The molecule has 0 saturated carbocycles. The molecule has 1 aromatic rings. The van der Waals surface area contributed by atoms with Crippen molar-refractivity contribution in [2.24, 2.45) is 5.92 Å². The Balaban J connectivity index is 0.000000458. The average molecular weight is 507 g/mol. The van der Waals surface area contributed by atoms with Gasteiger partial charge in [0.2, 0.25) is 5.91 Å². The molecule has 1 heterocycles. The van der Waals surface area contributed by atoms with Crippen LogP contribution in [0.4, 0.5) is 5.69 Å². The molecule has 11 heteroatoms. The van der Waals surface area contributed by atoms with Gasteiger partial charge in [0, 0.05) is 0 Å². The number of aliphatic hydroxyl groups excluding tert-OH is 4. The number of nitrogens with one attached hydrogen (secondary N) is 1. The Bertz CT molecular complexity index is 793. The Morgan fingerprint density at radius 2 is 1.91 bits per heavy atom. The number of rotatable bonds is 7. The summed E-state index contributed by atoms with van der Waals surface area (Å²) in [5.74, 6) is -1.07. The summed E-state index contributed by atoms with van der Waals surface area (Å²) in [7, 11) is 1.37. The predicted molar refractivity (Wildman–Crippen MR) is 112 cm³/mol. The van der Waals surface area contributed by atoms with Gasteiger partial charge >= 0.3 is 17.1 Å². The zero-order chi connectivity index (χ0) is 23.7. The maximum Gasteiger partial charge on any atom is 2.00 e. The molecule has 0 radical (unpaired) electrons. The molecule has 1 aromatic carbocycles. The molecule has 33 heavy (non-hydrogen) atoms. The number of anilines is 1. The molecule has 5 N–H and O–H groups in total. The molecule has 6 atom stereocenters. The molecule has 0 aromatic heterocycles. The minimum Gasteiger partial charge on any atom is -0.616 e. The Morgan fingerprint density at radius 1 is 1.24 bits per heavy atom. The molecule has 184 valence electrons. The van der Waals surface area contributed by atoms with E-state index in [1.807, 2.05) is 0 Å². The molecule has 3 rings (SSSR count). The van der Waals surface area contributed by atoms with Crippen LogP contribution >= 0.6 is 0 Å². The van der Waals surface area contributed by atoms with Gasteiger partial charge in [0.25, 0.3) is 0 Å². The van der Waals surface area contributed by atoms with Crippen LogP contribution in [0.15, 0.2) is 60.1 Å². The monoisotopic (exact) mass is 507 g/mol. The summed E-state index contributed by atoms with van der Waals surface area (Å²) in [6.45, 7) is 1.05. The van der Waals surface area contributed by atoms with E-state index < -0.39 is 43.2 Å². The summed E-state index contributed by atoms with van der Waals surface area (Å²) in [6, 6.07) is 7.10. The SMILES string of the molecule is COC([O-])=C1C=CC=C1.C[C@H](CO[C@H]1O[C@H](CO)[C@@H](O)[C@H](O)[C@@H]1O)C(=O)Nc1ccc[cH-]1.[Fe+2]. The molecular formula is C22H29FeNO9. The Morgan fingerprint density at radius 3 is 2.45 bits per heavy atom. The van der Waals surface area contributed by atoms with E-state index in [2.05, 4.69) is 10.1 Å². The summed E-state index contributed by atoms with van der Waals surface area (Å²) >= 11 is 0. The smallest absolute Gasteiger partial charge is 0.616 e. The van der Waals surface area contributed by atoms with Gasteiger partial charge in [0.15, 0.2) is 6.29 Å². The number of hydrogen-bond acceptors (Lipinski definition) is 9. The number of aliphatic hydroxyl groups is 4. The molecule has 1 saturated heterocycles. The van der Waals surface area contributed by atoms with Crippen molar-refractivity contribution in [2.75, 3.05) is 25.6 Å². The molecular weight excluding hydrogens is 478 g/mol. The molecule has 0 bridgehead atoms. The van der Waals surface area contributed by atoms with E-state index >= 15 is 0 Å². The number of methoxy groups -OCH3 is 1. The number of carbonyl (C=O) groups excluding carboxylic acids is 1. The van der Waals surface area contributed by atoms with Gasteiger partial charge in [-0.05, 0) is 12.7 Å². The third-order valence-electron chi connectivity index (χ3n) is 4.82. The van der Waals surface area contributed by atoms with E-state index in [-0.39, 0.29) is 35.5 Å². The minimum atomic E-state index is -1.50. The quantitative estimate of drug-likeness (QED) is 0.179. The fourth-order valence-electron chi connectivity index (χ4n) is 2.87. The fourth-order valence-corrected chi connectivity index (χ4v) is 2.87. The van der Waals surface area contributed by atoms with Gasteiger partial charge < -0.3 is 45.1 Å². The first-order chi connectivity index (χ1) is 15.3. The molecule has 1 amide bonds. The van der Waals surface area contributed by atoms with Crippen molar-refractivity contribution in [1.29, 1.82) is 0 Å². The van der Waals surface area contributed by atoms with Gasteiger partial charge in [-0.3, -0.25) is 4.79 Å². The van der Waals surface area contributed by atoms with Gasteiger partial charge in [0.1, 0.15) is 24.4 Å². The van der Waals surface area contributed by atoms with Crippen molar-refractivity contribution in [2.45, 2.75) is 37.6 Å². The third kappa shape index (κ3) is 8.33. The van der Waals surface area contributed by atoms with Crippen molar-refractivity contribution < 1.29 is 61.6 Å². The summed E-state index contributed by atoms with van der Waals surface area (Å²) in [5.41, 5.74) is 1.28. The number of hydrogen-bond donors (Lipinski definition) is 5. The summed E-state index contributed by atoms with van der Waals surface area (Å²) in [6.07, 6.45) is 0.341. The van der Waals surface area contributed by atoms with Gasteiger partial charge in [-0.1, -0.05) is 36.9 Å². The average Bonchev–Trinajstić information content (AvgIpc) is 3.51. The first kappa shape index (κ1) is 29.0. The van der Waals surface area contributed by atoms with Crippen LogP contribution in [0.2, 0.25) is 0 Å². The van der Waals surface area contributed by atoms with E-state index in [9.17, 15) is 25.2 Å². The molecule has 2 aliphatic rings. The van der Waals surface area contributed by atoms with Gasteiger partial charge in [-0.25, -0.2) is 6.07 Å². The Labute approximate surface area is 202 Å². The number of allylic oxidation sites excluding steroid dienone is 5. The summed E-state index contributed by atoms with van der Waals surface area (Å²) < 4.78 is 15.0. The number of amides is 1. The van der Waals surface area contributed by atoms with Crippen LogP contribution in [-0.2, 0) is 36.1 Å². The van der Waals surface area contributed by atoms with E-state index in [0.717, 1.165) is 0 Å². The van der Waals surface area contributed by atoms with Crippen LogP contribution < -0.4 is 10.4 Å². The maximum absolute atomic E-state index is 12.0. The molecule has 1 aliphatic carbocycles. The predicted octanol–water partition coefficient (Wildman–Crippen LogP) is -0.875. The zero-order valence-corrected chi connectivity index (χ0v) is 19.3. The second-order valence-corrected chi connectivity index (χ2v) is 7.26.